The number of carbonyl (C=O) groups is 2. The molecule has 0 radical (unpaired) electrons. The Labute approximate surface area is 154 Å². The van der Waals surface area contributed by atoms with E-state index in [1.54, 1.807) is 19.2 Å². The van der Waals surface area contributed by atoms with Crippen LogP contribution in [-0.2, 0) is 17.4 Å². The summed E-state index contributed by atoms with van der Waals surface area (Å²) in [4.78, 5) is 24.5. The van der Waals surface area contributed by atoms with Crippen molar-refractivity contribution in [3.05, 3.63) is 51.4 Å². The number of hydrogen-bond acceptors (Lipinski definition) is 3. The van der Waals surface area contributed by atoms with Crippen molar-refractivity contribution in [2.45, 2.75) is 32.6 Å². The summed E-state index contributed by atoms with van der Waals surface area (Å²) in [7, 11) is 0. The van der Waals surface area contributed by atoms with Crippen molar-refractivity contribution in [2.75, 3.05) is 5.32 Å². The fourth-order valence-corrected chi connectivity index (χ4v) is 3.63. The lowest BCUT2D eigenvalue weighted by Crippen LogP contribution is -2.30. The molecule has 0 fully saturated rings. The number of halogens is 6. The van der Waals surface area contributed by atoms with E-state index in [1.807, 2.05) is 0 Å². The van der Waals surface area contributed by atoms with Crippen molar-refractivity contribution in [3.63, 3.8) is 0 Å². The highest BCUT2D eigenvalue weighted by Gasteiger charge is 2.40. The molecule has 1 heterocycles. The number of thiophene rings is 1. The Balaban J connectivity index is 2.54. The summed E-state index contributed by atoms with van der Waals surface area (Å²) in [5.41, 5.74) is -1.24. The van der Waals surface area contributed by atoms with Gasteiger partial charge in [0.1, 0.15) is 5.00 Å². The highest BCUT2D eigenvalue weighted by Crippen LogP contribution is 2.37. The lowest BCUT2D eigenvalue weighted by atomic mass is 9.97. The summed E-state index contributed by atoms with van der Waals surface area (Å²) in [5.74, 6) is -3.15. The molecule has 0 atom stereocenters. The molecule has 0 bridgehead atoms. The molecular weight excluding hydrogens is 396 g/mol. The number of aryl methyl sites for hydroxylation is 1. The third-order valence-corrected chi connectivity index (χ3v) is 4.79. The molecule has 146 valence electrons. The molecule has 3 nitrogen and oxygen atoms in total. The molecule has 0 saturated carbocycles. The van der Waals surface area contributed by atoms with Gasteiger partial charge in [0.15, 0.2) is 5.78 Å². The normalized spacial score (nSPS) is 12.1. The van der Waals surface area contributed by atoms with E-state index in [2.05, 4.69) is 0 Å². The monoisotopic (exact) mass is 409 g/mol. The number of ketones is 1. The Morgan fingerprint density at radius 2 is 1.74 bits per heavy atom. The Morgan fingerprint density at radius 1 is 1.11 bits per heavy atom. The Hall–Kier alpha value is -2.36. The van der Waals surface area contributed by atoms with Crippen LogP contribution in [0.25, 0.3) is 0 Å². The van der Waals surface area contributed by atoms with Crippen molar-refractivity contribution in [1.82, 2.24) is 0 Å². The molecular formula is C17H13F6NO2S. The number of alkyl halides is 6. The third-order valence-electron chi connectivity index (χ3n) is 3.73. The number of anilines is 1. The molecule has 1 amide bonds. The van der Waals surface area contributed by atoms with Gasteiger partial charge in [-0.05, 0) is 31.0 Å². The molecule has 0 aliphatic rings. The maximum atomic E-state index is 12.9. The van der Waals surface area contributed by atoms with Crippen LogP contribution in [0, 0.1) is 6.92 Å². The van der Waals surface area contributed by atoms with Crippen LogP contribution in [-0.4, -0.2) is 17.9 Å². The summed E-state index contributed by atoms with van der Waals surface area (Å²) in [6.07, 6.45) is -9.59. The molecule has 1 aromatic carbocycles. The van der Waals surface area contributed by atoms with Crippen molar-refractivity contribution < 1.29 is 35.9 Å². The van der Waals surface area contributed by atoms with Crippen LogP contribution in [0.3, 0.4) is 0 Å². The lowest BCUT2D eigenvalue weighted by molar-refractivity contribution is -0.167. The number of rotatable bonds is 4. The zero-order chi connectivity index (χ0) is 20.6. The van der Waals surface area contributed by atoms with Crippen LogP contribution in [0.5, 0.6) is 0 Å². The van der Waals surface area contributed by atoms with Crippen molar-refractivity contribution in [3.8, 4) is 0 Å². The lowest BCUT2D eigenvalue weighted by Gasteiger charge is -2.11. The first kappa shape index (κ1) is 20.9. The van der Waals surface area contributed by atoms with Crippen LogP contribution < -0.4 is 5.32 Å². The highest BCUT2D eigenvalue weighted by atomic mass is 32.1. The first-order chi connectivity index (χ1) is 12.4. The summed E-state index contributed by atoms with van der Waals surface area (Å²) >= 11 is 0.768. The van der Waals surface area contributed by atoms with E-state index in [0.29, 0.717) is 16.5 Å². The van der Waals surface area contributed by atoms with Gasteiger partial charge in [0.25, 0.3) is 0 Å². The minimum Gasteiger partial charge on any atom is -0.309 e. The summed E-state index contributed by atoms with van der Waals surface area (Å²) in [5, 5.41) is 1.31. The second kappa shape index (κ2) is 7.34. The van der Waals surface area contributed by atoms with E-state index in [0.717, 1.165) is 29.5 Å². The molecule has 2 rings (SSSR count). The topological polar surface area (TPSA) is 46.2 Å². The van der Waals surface area contributed by atoms with E-state index in [-0.39, 0.29) is 22.5 Å². The van der Waals surface area contributed by atoms with Crippen LogP contribution in [0.4, 0.5) is 31.3 Å². The Morgan fingerprint density at radius 3 is 2.26 bits per heavy atom. The van der Waals surface area contributed by atoms with Gasteiger partial charge in [-0.3, -0.25) is 9.59 Å². The van der Waals surface area contributed by atoms with Crippen molar-refractivity contribution in [1.29, 1.82) is 0 Å². The Bertz CT molecular complexity index is 883. The van der Waals surface area contributed by atoms with Gasteiger partial charge in [-0.1, -0.05) is 19.1 Å². The molecule has 2 aromatic rings. The van der Waals surface area contributed by atoms with Crippen LogP contribution in [0.2, 0.25) is 0 Å². The SMILES string of the molecule is CCc1c(C)sc(NC(=O)C(F)(F)F)c1C(=O)c1cccc(C(F)(F)F)c1. The minimum absolute atomic E-state index is 0.225. The van der Waals surface area contributed by atoms with E-state index < -0.39 is 29.6 Å². The van der Waals surface area contributed by atoms with E-state index >= 15 is 0 Å². The minimum atomic E-state index is -5.17. The average molecular weight is 409 g/mol. The quantitative estimate of drug-likeness (QED) is 0.545. The predicted molar refractivity (Wildman–Crippen MR) is 88.0 cm³/mol. The summed E-state index contributed by atoms with van der Waals surface area (Å²) < 4.78 is 76.3. The predicted octanol–water partition coefficient (Wildman–Crippen LogP) is 5.37. The standard InChI is InChI=1S/C17H13F6NO2S/c1-3-11-8(2)27-14(24-15(26)17(21,22)23)12(11)13(25)9-5-4-6-10(7-9)16(18,19)20/h4-7H,3H2,1-2H3,(H,24,26). The van der Waals surface area contributed by atoms with Gasteiger partial charge in [-0.2, -0.15) is 26.3 Å². The molecule has 1 aromatic heterocycles. The maximum Gasteiger partial charge on any atom is 0.471 e. The molecule has 0 aliphatic heterocycles. The smallest absolute Gasteiger partial charge is 0.309 e. The largest absolute Gasteiger partial charge is 0.471 e. The van der Waals surface area contributed by atoms with Crippen molar-refractivity contribution >= 4 is 28.0 Å². The zero-order valence-electron chi connectivity index (χ0n) is 14.0. The average Bonchev–Trinajstić information content (AvgIpc) is 2.87. The van der Waals surface area contributed by atoms with E-state index in [4.69, 9.17) is 0 Å². The first-order valence-corrected chi connectivity index (χ1v) is 8.40. The van der Waals surface area contributed by atoms with Gasteiger partial charge in [0.05, 0.1) is 11.1 Å². The van der Waals surface area contributed by atoms with Crippen LogP contribution in [0.1, 0.15) is 38.8 Å². The number of benzene rings is 1. The van der Waals surface area contributed by atoms with Crippen LogP contribution in [0.15, 0.2) is 24.3 Å². The van der Waals surface area contributed by atoms with E-state index in [1.165, 1.54) is 0 Å². The number of nitrogens with one attached hydrogen (secondary N) is 1. The van der Waals surface area contributed by atoms with Gasteiger partial charge < -0.3 is 5.32 Å². The first-order valence-electron chi connectivity index (χ1n) is 7.58. The highest BCUT2D eigenvalue weighted by molar-refractivity contribution is 7.16. The third kappa shape index (κ3) is 4.49. The van der Waals surface area contributed by atoms with Crippen molar-refractivity contribution in [2.24, 2.45) is 0 Å². The maximum absolute atomic E-state index is 12.9. The molecule has 27 heavy (non-hydrogen) atoms. The van der Waals surface area contributed by atoms with Gasteiger partial charge in [0.2, 0.25) is 0 Å². The zero-order valence-corrected chi connectivity index (χ0v) is 14.8. The fraction of sp³-hybridized carbons (Fsp3) is 0.294. The molecule has 0 spiro atoms. The number of carbonyl (C=O) groups excluding carboxylic acids is 2. The van der Waals surface area contributed by atoms with Gasteiger partial charge in [-0.15, -0.1) is 11.3 Å². The molecule has 10 heteroatoms. The molecule has 0 aliphatic carbocycles. The Kier molecular flexibility index (Phi) is 5.69. The van der Waals surface area contributed by atoms with Gasteiger partial charge in [-0.25, -0.2) is 0 Å². The second-order valence-electron chi connectivity index (χ2n) is 5.55. The van der Waals surface area contributed by atoms with Gasteiger partial charge >= 0.3 is 18.3 Å². The van der Waals surface area contributed by atoms with E-state index in [9.17, 15) is 35.9 Å². The summed E-state index contributed by atoms with van der Waals surface area (Å²) in [6.45, 7) is 3.20. The van der Waals surface area contributed by atoms with Crippen LogP contribution >= 0.6 is 11.3 Å². The second-order valence-corrected chi connectivity index (χ2v) is 6.78. The van der Waals surface area contributed by atoms with Gasteiger partial charge in [0, 0.05) is 10.4 Å². The fourth-order valence-electron chi connectivity index (χ4n) is 2.49. The molecule has 0 saturated heterocycles. The molecule has 1 N–H and O–H groups in total. The summed E-state index contributed by atoms with van der Waals surface area (Å²) in [6, 6.07) is 3.58. The molecule has 0 unspecified atom stereocenters. The number of amides is 1. The number of hydrogen-bond donors (Lipinski definition) is 1.